The fourth-order valence-corrected chi connectivity index (χ4v) is 4.27. The van der Waals surface area contributed by atoms with Gasteiger partial charge in [-0.1, -0.05) is 39.0 Å². The van der Waals surface area contributed by atoms with Gasteiger partial charge in [0.05, 0.1) is 12.0 Å². The summed E-state index contributed by atoms with van der Waals surface area (Å²) in [6, 6.07) is 6.80. The van der Waals surface area contributed by atoms with Crippen LogP contribution in [0.15, 0.2) is 24.5 Å². The average Bonchev–Trinajstić information content (AvgIpc) is 3.10. The van der Waals surface area contributed by atoms with E-state index < -0.39 is 0 Å². The van der Waals surface area contributed by atoms with Gasteiger partial charge in [0.15, 0.2) is 5.65 Å². The highest BCUT2D eigenvalue weighted by Gasteiger charge is 2.18. The van der Waals surface area contributed by atoms with Crippen LogP contribution in [0.5, 0.6) is 0 Å². The van der Waals surface area contributed by atoms with Crippen molar-refractivity contribution in [3.05, 3.63) is 46.9 Å². The zero-order valence-corrected chi connectivity index (χ0v) is 19.5. The van der Waals surface area contributed by atoms with Crippen molar-refractivity contribution in [3.63, 3.8) is 0 Å². The molecule has 0 radical (unpaired) electrons. The Balaban J connectivity index is 1.58. The SMILES string of the molecule is Cc1ccc(C(C)(C)C)cc1Cc1nc(NCCC2CCOCC2)nc2ncn(C)c12. The van der Waals surface area contributed by atoms with Crippen molar-refractivity contribution < 1.29 is 4.74 Å². The predicted octanol–water partition coefficient (Wildman–Crippen LogP) is 4.79. The highest BCUT2D eigenvalue weighted by molar-refractivity contribution is 5.75. The summed E-state index contributed by atoms with van der Waals surface area (Å²) in [5, 5.41) is 3.46. The van der Waals surface area contributed by atoms with E-state index in [0.717, 1.165) is 68.2 Å². The molecule has 1 fully saturated rings. The van der Waals surface area contributed by atoms with E-state index in [1.165, 1.54) is 16.7 Å². The minimum absolute atomic E-state index is 0.118. The quantitative estimate of drug-likeness (QED) is 0.620. The van der Waals surface area contributed by atoms with Gasteiger partial charge in [0.1, 0.15) is 5.52 Å². The van der Waals surface area contributed by atoms with Crippen molar-refractivity contribution in [1.29, 1.82) is 0 Å². The normalized spacial score (nSPS) is 15.5. The topological polar surface area (TPSA) is 64.9 Å². The lowest BCUT2D eigenvalue weighted by Crippen LogP contribution is -2.19. The van der Waals surface area contributed by atoms with Crippen molar-refractivity contribution in [2.75, 3.05) is 25.1 Å². The Hall–Kier alpha value is -2.47. The van der Waals surface area contributed by atoms with E-state index in [-0.39, 0.29) is 5.41 Å². The number of imidazole rings is 1. The van der Waals surface area contributed by atoms with Gasteiger partial charge >= 0.3 is 0 Å². The second-order valence-electron chi connectivity index (χ2n) is 9.86. The molecular weight excluding hydrogens is 386 g/mol. The van der Waals surface area contributed by atoms with E-state index in [1.807, 2.05) is 17.9 Å². The zero-order valence-electron chi connectivity index (χ0n) is 19.5. The molecule has 0 saturated carbocycles. The third kappa shape index (κ3) is 5.06. The minimum Gasteiger partial charge on any atom is -0.381 e. The number of rotatable bonds is 6. The second kappa shape index (κ2) is 8.95. The monoisotopic (exact) mass is 421 g/mol. The maximum atomic E-state index is 5.47. The first-order valence-corrected chi connectivity index (χ1v) is 11.4. The van der Waals surface area contributed by atoms with E-state index in [9.17, 15) is 0 Å². The lowest BCUT2D eigenvalue weighted by atomic mass is 9.84. The van der Waals surface area contributed by atoms with Gasteiger partial charge in [-0.3, -0.25) is 0 Å². The summed E-state index contributed by atoms with van der Waals surface area (Å²) in [4.78, 5) is 14.1. The van der Waals surface area contributed by atoms with Gasteiger partial charge in [-0.15, -0.1) is 0 Å². The molecule has 3 heterocycles. The molecule has 1 aliphatic rings. The van der Waals surface area contributed by atoms with Crippen molar-refractivity contribution >= 4 is 17.1 Å². The van der Waals surface area contributed by atoms with E-state index >= 15 is 0 Å². The lowest BCUT2D eigenvalue weighted by Gasteiger charge is -2.22. The van der Waals surface area contributed by atoms with Crippen molar-refractivity contribution in [2.24, 2.45) is 13.0 Å². The lowest BCUT2D eigenvalue weighted by molar-refractivity contribution is 0.0649. The van der Waals surface area contributed by atoms with E-state index in [4.69, 9.17) is 9.72 Å². The van der Waals surface area contributed by atoms with Gasteiger partial charge in [0.2, 0.25) is 5.95 Å². The van der Waals surface area contributed by atoms with Crippen LogP contribution in [0.4, 0.5) is 5.95 Å². The number of hydrogen-bond donors (Lipinski definition) is 1. The standard InChI is InChI=1S/C25H35N5O/c1-17-6-7-20(25(2,3)4)14-19(17)15-21-22-23(27-16-30(22)5)29-24(28-21)26-11-8-18-9-12-31-13-10-18/h6-7,14,16,18H,8-13,15H2,1-5H3,(H,26,28,29). The highest BCUT2D eigenvalue weighted by Crippen LogP contribution is 2.27. The maximum Gasteiger partial charge on any atom is 0.225 e. The Labute approximate surface area is 185 Å². The first kappa shape index (κ1) is 21.8. The first-order valence-electron chi connectivity index (χ1n) is 11.4. The molecule has 0 aliphatic carbocycles. The summed E-state index contributed by atoms with van der Waals surface area (Å²) in [6.45, 7) is 11.6. The maximum absolute atomic E-state index is 5.47. The van der Waals surface area contributed by atoms with Crippen molar-refractivity contribution in [3.8, 4) is 0 Å². The average molecular weight is 422 g/mol. The molecule has 166 valence electrons. The fraction of sp³-hybridized carbons (Fsp3) is 0.560. The third-order valence-electron chi connectivity index (χ3n) is 6.39. The number of fused-ring (bicyclic) bond motifs is 1. The molecule has 6 heteroatoms. The number of ether oxygens (including phenoxy) is 1. The summed E-state index contributed by atoms with van der Waals surface area (Å²) >= 11 is 0. The van der Waals surface area contributed by atoms with Gasteiger partial charge in [0, 0.05) is 33.2 Å². The van der Waals surface area contributed by atoms with Gasteiger partial charge in [-0.25, -0.2) is 9.97 Å². The molecule has 2 aromatic heterocycles. The van der Waals surface area contributed by atoms with Gasteiger partial charge in [-0.2, -0.15) is 4.98 Å². The molecule has 0 atom stereocenters. The van der Waals surface area contributed by atoms with Crippen LogP contribution >= 0.6 is 0 Å². The molecule has 0 spiro atoms. The molecule has 4 rings (SSSR count). The van der Waals surface area contributed by atoms with Crippen LogP contribution in [0, 0.1) is 12.8 Å². The van der Waals surface area contributed by atoms with E-state index in [2.05, 4.69) is 61.2 Å². The van der Waals surface area contributed by atoms with E-state index in [1.54, 1.807) is 0 Å². The molecule has 0 unspecified atom stereocenters. The summed E-state index contributed by atoms with van der Waals surface area (Å²) in [6.07, 6.45) is 6.01. The van der Waals surface area contributed by atoms with E-state index in [0.29, 0.717) is 5.95 Å². The van der Waals surface area contributed by atoms with Crippen LogP contribution in [0.25, 0.3) is 11.2 Å². The molecule has 6 nitrogen and oxygen atoms in total. The predicted molar refractivity (Wildman–Crippen MR) is 126 cm³/mol. The molecule has 0 amide bonds. The number of aryl methyl sites for hydroxylation is 2. The third-order valence-corrected chi connectivity index (χ3v) is 6.39. The fourth-order valence-electron chi connectivity index (χ4n) is 4.27. The molecule has 1 N–H and O–H groups in total. The smallest absolute Gasteiger partial charge is 0.225 e. The molecule has 0 bridgehead atoms. The second-order valence-corrected chi connectivity index (χ2v) is 9.86. The van der Waals surface area contributed by atoms with Crippen LogP contribution < -0.4 is 5.32 Å². The van der Waals surface area contributed by atoms with Gasteiger partial charge in [0.25, 0.3) is 0 Å². The van der Waals surface area contributed by atoms with Crippen LogP contribution in [0.1, 0.15) is 62.4 Å². The van der Waals surface area contributed by atoms with Gasteiger partial charge < -0.3 is 14.6 Å². The van der Waals surface area contributed by atoms with Crippen molar-refractivity contribution in [1.82, 2.24) is 19.5 Å². The zero-order chi connectivity index (χ0) is 22.0. The van der Waals surface area contributed by atoms with Crippen LogP contribution in [0.2, 0.25) is 0 Å². The number of aromatic nitrogens is 4. The molecule has 1 saturated heterocycles. The Morgan fingerprint density at radius 1 is 1.16 bits per heavy atom. The van der Waals surface area contributed by atoms with Crippen LogP contribution in [-0.2, 0) is 23.6 Å². The Bertz CT molecular complexity index is 1040. The summed E-state index contributed by atoms with van der Waals surface area (Å²) < 4.78 is 7.50. The molecule has 1 aromatic carbocycles. The van der Waals surface area contributed by atoms with Crippen LogP contribution in [0.3, 0.4) is 0 Å². The van der Waals surface area contributed by atoms with Gasteiger partial charge in [-0.05, 0) is 54.2 Å². The number of nitrogens with one attached hydrogen (secondary N) is 1. The highest BCUT2D eigenvalue weighted by atomic mass is 16.5. The molecule has 3 aromatic rings. The summed E-state index contributed by atoms with van der Waals surface area (Å²) in [5.41, 5.74) is 6.84. The molecule has 31 heavy (non-hydrogen) atoms. The van der Waals surface area contributed by atoms with Crippen molar-refractivity contribution in [2.45, 2.75) is 58.8 Å². The number of benzene rings is 1. The van der Waals surface area contributed by atoms with Crippen LogP contribution in [-0.4, -0.2) is 39.3 Å². The summed E-state index contributed by atoms with van der Waals surface area (Å²) in [7, 11) is 2.01. The Kier molecular flexibility index (Phi) is 6.28. The largest absolute Gasteiger partial charge is 0.381 e. The first-order chi connectivity index (χ1) is 14.8. The Morgan fingerprint density at radius 2 is 1.94 bits per heavy atom. The molecule has 1 aliphatic heterocycles. The number of anilines is 1. The minimum atomic E-state index is 0.118. The number of hydrogen-bond acceptors (Lipinski definition) is 5. The molecular formula is C25H35N5O. The number of nitrogens with zero attached hydrogens (tertiary/aromatic N) is 4. The summed E-state index contributed by atoms with van der Waals surface area (Å²) in [5.74, 6) is 1.40. The Morgan fingerprint density at radius 3 is 2.68 bits per heavy atom.